The van der Waals surface area contributed by atoms with E-state index >= 15 is 0 Å². The van der Waals surface area contributed by atoms with Gasteiger partial charge in [-0.25, -0.2) is 4.98 Å². The second-order valence-electron chi connectivity index (χ2n) is 6.37. The summed E-state index contributed by atoms with van der Waals surface area (Å²) >= 11 is 0. The average molecular weight is 358 g/mol. The van der Waals surface area contributed by atoms with E-state index in [9.17, 15) is 4.79 Å². The first kappa shape index (κ1) is 16.8. The highest BCUT2D eigenvalue weighted by Gasteiger charge is 2.11. The monoisotopic (exact) mass is 358 g/mol. The molecule has 0 aliphatic carbocycles. The van der Waals surface area contributed by atoms with Crippen LogP contribution < -0.4 is 5.32 Å². The topological polar surface area (TPSA) is 68.3 Å². The largest absolute Gasteiger partial charge is 0.465 e. The van der Waals surface area contributed by atoms with Gasteiger partial charge in [0.1, 0.15) is 11.3 Å². The molecular weight excluding hydrogens is 340 g/mol. The zero-order valence-corrected chi connectivity index (χ0v) is 15.0. The van der Waals surface area contributed by atoms with Gasteiger partial charge < -0.3 is 14.2 Å². The molecule has 0 saturated carbocycles. The minimum Gasteiger partial charge on any atom is -0.465 e. The molecule has 5 nitrogen and oxygen atoms in total. The van der Waals surface area contributed by atoms with Gasteiger partial charge in [0.25, 0.3) is 0 Å². The molecule has 2 heterocycles. The van der Waals surface area contributed by atoms with E-state index in [1.807, 2.05) is 44.2 Å². The number of aryl methyl sites for hydroxylation is 2. The molecular formula is C22H18N2O3. The number of oxazole rings is 1. The highest BCUT2D eigenvalue weighted by molar-refractivity contribution is 6.02. The zero-order chi connectivity index (χ0) is 18.8. The van der Waals surface area contributed by atoms with Crippen LogP contribution in [0, 0.1) is 13.8 Å². The van der Waals surface area contributed by atoms with Crippen molar-refractivity contribution in [1.82, 2.24) is 4.98 Å². The smallest absolute Gasteiger partial charge is 0.248 e. The first-order chi connectivity index (χ1) is 13.1. The fourth-order valence-electron chi connectivity index (χ4n) is 2.96. The SMILES string of the molecule is Cc1cc(C)c2oc(-c3cccc(NC(=O)/C=C\c4ccco4)c3)nc2c1. The Morgan fingerprint density at radius 2 is 2.00 bits per heavy atom. The molecule has 0 aliphatic rings. The molecule has 0 bridgehead atoms. The van der Waals surface area contributed by atoms with E-state index in [0.29, 0.717) is 17.3 Å². The Bertz CT molecular complexity index is 1140. The Kier molecular flexibility index (Phi) is 4.34. The normalized spacial score (nSPS) is 11.3. The van der Waals surface area contributed by atoms with E-state index in [1.165, 1.54) is 6.08 Å². The fourth-order valence-corrected chi connectivity index (χ4v) is 2.96. The highest BCUT2D eigenvalue weighted by atomic mass is 16.3. The number of carbonyl (C=O) groups is 1. The number of carbonyl (C=O) groups excluding carboxylic acids is 1. The van der Waals surface area contributed by atoms with Crippen molar-refractivity contribution in [2.75, 3.05) is 5.32 Å². The van der Waals surface area contributed by atoms with Gasteiger partial charge in [-0.1, -0.05) is 12.1 Å². The standard InChI is InChI=1S/C22H18N2O3/c1-14-11-15(2)21-19(12-14)24-22(27-21)16-5-3-6-17(13-16)23-20(25)9-8-18-7-4-10-26-18/h3-13H,1-2H3,(H,23,25)/b9-8-. The minimum atomic E-state index is -0.243. The molecule has 2 aromatic heterocycles. The summed E-state index contributed by atoms with van der Waals surface area (Å²) in [5.41, 5.74) is 5.28. The van der Waals surface area contributed by atoms with Crippen LogP contribution in [0.3, 0.4) is 0 Å². The Morgan fingerprint density at radius 1 is 1.11 bits per heavy atom. The number of fused-ring (bicyclic) bond motifs is 1. The number of furan rings is 1. The summed E-state index contributed by atoms with van der Waals surface area (Å²) in [4.78, 5) is 16.7. The summed E-state index contributed by atoms with van der Waals surface area (Å²) in [6, 6.07) is 15.0. The van der Waals surface area contributed by atoms with Crippen LogP contribution in [0.25, 0.3) is 28.6 Å². The van der Waals surface area contributed by atoms with E-state index in [-0.39, 0.29) is 5.91 Å². The lowest BCUT2D eigenvalue weighted by Crippen LogP contribution is -2.07. The second kappa shape index (κ2) is 6.96. The lowest BCUT2D eigenvalue weighted by molar-refractivity contribution is -0.111. The van der Waals surface area contributed by atoms with Crippen LogP contribution >= 0.6 is 0 Å². The number of aromatic nitrogens is 1. The lowest BCUT2D eigenvalue weighted by Gasteiger charge is -2.03. The molecule has 4 rings (SSSR count). The Balaban J connectivity index is 1.57. The average Bonchev–Trinajstić information content (AvgIpc) is 3.30. The van der Waals surface area contributed by atoms with Crippen molar-refractivity contribution in [3.63, 3.8) is 0 Å². The number of anilines is 1. The molecule has 0 saturated heterocycles. The summed E-state index contributed by atoms with van der Waals surface area (Å²) in [6.45, 7) is 4.04. The van der Waals surface area contributed by atoms with Gasteiger partial charge in [-0.05, 0) is 67.4 Å². The third kappa shape index (κ3) is 3.67. The summed E-state index contributed by atoms with van der Waals surface area (Å²) in [7, 11) is 0. The van der Waals surface area contributed by atoms with Gasteiger partial charge in [-0.15, -0.1) is 0 Å². The number of benzene rings is 2. The van der Waals surface area contributed by atoms with Crippen LogP contribution in [0.2, 0.25) is 0 Å². The first-order valence-corrected chi connectivity index (χ1v) is 8.59. The van der Waals surface area contributed by atoms with Gasteiger partial charge in [0.05, 0.1) is 6.26 Å². The summed E-state index contributed by atoms with van der Waals surface area (Å²) < 4.78 is 11.1. The number of nitrogens with zero attached hydrogens (tertiary/aromatic N) is 1. The summed E-state index contributed by atoms with van der Waals surface area (Å²) in [5, 5.41) is 2.83. The molecule has 0 unspecified atom stereocenters. The van der Waals surface area contributed by atoms with E-state index in [4.69, 9.17) is 8.83 Å². The van der Waals surface area contributed by atoms with Gasteiger partial charge in [-0.3, -0.25) is 4.79 Å². The number of nitrogens with one attached hydrogen (secondary N) is 1. The molecule has 0 radical (unpaired) electrons. The van der Waals surface area contributed by atoms with Gasteiger partial charge in [-0.2, -0.15) is 0 Å². The van der Waals surface area contributed by atoms with Crippen LogP contribution in [0.5, 0.6) is 0 Å². The van der Waals surface area contributed by atoms with Crippen LogP contribution in [0.1, 0.15) is 16.9 Å². The molecule has 4 aromatic rings. The van der Waals surface area contributed by atoms with Gasteiger partial charge in [0, 0.05) is 17.3 Å². The Hall–Kier alpha value is -3.60. The number of hydrogen-bond donors (Lipinski definition) is 1. The molecule has 0 atom stereocenters. The Labute approximate surface area is 156 Å². The fraction of sp³-hybridized carbons (Fsp3) is 0.0909. The number of hydrogen-bond acceptors (Lipinski definition) is 4. The first-order valence-electron chi connectivity index (χ1n) is 8.59. The zero-order valence-electron chi connectivity index (χ0n) is 15.0. The molecule has 0 fully saturated rings. The quantitative estimate of drug-likeness (QED) is 0.499. The van der Waals surface area contributed by atoms with E-state index in [2.05, 4.69) is 16.4 Å². The van der Waals surface area contributed by atoms with E-state index < -0.39 is 0 Å². The predicted octanol–water partition coefficient (Wildman–Crippen LogP) is 5.36. The molecule has 5 heteroatoms. The van der Waals surface area contributed by atoms with Crippen molar-refractivity contribution in [2.45, 2.75) is 13.8 Å². The maximum absolute atomic E-state index is 12.1. The maximum atomic E-state index is 12.1. The molecule has 2 aromatic carbocycles. The van der Waals surface area contributed by atoms with Crippen molar-refractivity contribution < 1.29 is 13.6 Å². The molecule has 1 amide bonds. The second-order valence-corrected chi connectivity index (χ2v) is 6.37. The van der Waals surface area contributed by atoms with E-state index in [1.54, 1.807) is 24.5 Å². The molecule has 0 aliphatic heterocycles. The highest BCUT2D eigenvalue weighted by Crippen LogP contribution is 2.28. The number of rotatable bonds is 4. The lowest BCUT2D eigenvalue weighted by atomic mass is 10.1. The third-order valence-corrected chi connectivity index (χ3v) is 4.14. The minimum absolute atomic E-state index is 0.243. The van der Waals surface area contributed by atoms with Crippen LogP contribution in [0.4, 0.5) is 5.69 Å². The molecule has 1 N–H and O–H groups in total. The maximum Gasteiger partial charge on any atom is 0.248 e. The van der Waals surface area contributed by atoms with Crippen LogP contribution in [-0.2, 0) is 4.79 Å². The van der Waals surface area contributed by atoms with Gasteiger partial charge in [0.15, 0.2) is 5.58 Å². The van der Waals surface area contributed by atoms with Crippen LogP contribution in [-0.4, -0.2) is 10.9 Å². The molecule has 27 heavy (non-hydrogen) atoms. The molecule has 0 spiro atoms. The van der Waals surface area contributed by atoms with Gasteiger partial charge in [0.2, 0.25) is 11.8 Å². The van der Waals surface area contributed by atoms with Crippen molar-refractivity contribution >= 4 is 28.8 Å². The summed E-state index contributed by atoms with van der Waals surface area (Å²) in [5.74, 6) is 0.907. The third-order valence-electron chi connectivity index (χ3n) is 4.14. The molecule has 134 valence electrons. The summed E-state index contributed by atoms with van der Waals surface area (Å²) in [6.07, 6.45) is 4.60. The predicted molar refractivity (Wildman–Crippen MR) is 105 cm³/mol. The van der Waals surface area contributed by atoms with Gasteiger partial charge >= 0.3 is 0 Å². The van der Waals surface area contributed by atoms with E-state index in [0.717, 1.165) is 27.8 Å². The van der Waals surface area contributed by atoms with Crippen LogP contribution in [0.15, 0.2) is 69.7 Å². The number of amides is 1. The van der Waals surface area contributed by atoms with Crippen molar-refractivity contribution in [1.29, 1.82) is 0 Å². The van der Waals surface area contributed by atoms with Crippen molar-refractivity contribution in [3.8, 4) is 11.5 Å². The van der Waals surface area contributed by atoms with Crippen molar-refractivity contribution in [2.24, 2.45) is 0 Å². The Morgan fingerprint density at radius 3 is 2.81 bits per heavy atom. The van der Waals surface area contributed by atoms with Crippen molar-refractivity contribution in [3.05, 3.63) is 77.8 Å².